The molecule has 46 valence electrons. The van der Waals surface area contributed by atoms with Crippen LogP contribution in [0.5, 0.6) is 0 Å². The van der Waals surface area contributed by atoms with Crippen LogP contribution in [0.25, 0.3) is 0 Å². The van der Waals surface area contributed by atoms with Gasteiger partial charge in [-0.3, -0.25) is 0 Å². The van der Waals surface area contributed by atoms with Crippen LogP contribution in [-0.4, -0.2) is 14.9 Å². The van der Waals surface area contributed by atoms with E-state index in [9.17, 15) is 3.87 Å². The van der Waals surface area contributed by atoms with Crippen molar-refractivity contribution in [3.8, 4) is 0 Å². The summed E-state index contributed by atoms with van der Waals surface area (Å²) in [5.41, 5.74) is 0. The van der Waals surface area contributed by atoms with Gasteiger partial charge in [0.25, 0.3) is 0 Å². The molecule has 0 spiro atoms. The van der Waals surface area contributed by atoms with Crippen LogP contribution in [0.15, 0.2) is 6.33 Å². The predicted molar refractivity (Wildman–Crippen MR) is 20.5 cm³/mol. The third-order valence-electron chi connectivity index (χ3n) is 0.574. The molecule has 0 unspecified atom stereocenters. The second kappa shape index (κ2) is 2.01. The molecule has 2 N–H and O–H groups in total. The average molecular weight is 158 g/mol. The van der Waals surface area contributed by atoms with Crippen LogP contribution in [0.1, 0.15) is 0 Å². The van der Waals surface area contributed by atoms with E-state index in [0.29, 0.717) is 0 Å². The van der Waals surface area contributed by atoms with Crippen molar-refractivity contribution in [2.45, 2.75) is 0 Å². The van der Waals surface area contributed by atoms with Gasteiger partial charge < -0.3 is 0 Å². The molecule has 0 aliphatic rings. The Kier molecular flexibility index (Phi) is 1.35. The predicted octanol–water partition coefficient (Wildman–Crippen LogP) is -1.95. The van der Waals surface area contributed by atoms with Gasteiger partial charge in [-0.05, 0) is 0 Å². The zero-order valence-electron chi connectivity index (χ0n) is 3.74. The third kappa shape index (κ3) is 0.748. The summed E-state index contributed by atoms with van der Waals surface area (Å²) in [6, 6.07) is 0. The molecule has 1 aromatic rings. The number of hydrogen-bond acceptors (Lipinski definition) is 4. The van der Waals surface area contributed by atoms with E-state index in [1.165, 1.54) is 6.33 Å². The topological polar surface area (TPSA) is 73.8 Å². The maximum atomic E-state index is 9.98. The van der Waals surface area contributed by atoms with Gasteiger partial charge in [0.05, 0.1) is 0 Å². The maximum absolute atomic E-state index is 9.98. The Morgan fingerprint density at radius 2 is 2.62 bits per heavy atom. The van der Waals surface area contributed by atoms with Crippen molar-refractivity contribution >= 4 is 4.76 Å². The van der Waals surface area contributed by atoms with Crippen molar-refractivity contribution in [2.75, 3.05) is 5.84 Å². The summed E-state index contributed by atoms with van der Waals surface area (Å²) in [6.45, 7) is 0. The number of nitrogen functional groups attached to an aromatic ring is 1. The summed E-state index contributed by atoms with van der Waals surface area (Å²) in [6.07, 6.45) is 1.28. The fourth-order valence-corrected chi connectivity index (χ4v) is 0.544. The first-order valence-electron chi connectivity index (χ1n) is 1.72. The van der Waals surface area contributed by atoms with E-state index in [4.69, 9.17) is 5.84 Å². The molecule has 0 aromatic carbocycles. The molecule has 0 fully saturated rings. The zero-order valence-corrected chi connectivity index (χ0v) is 4.78. The molecule has 0 saturated heterocycles. The molecular formula is C2H3CoN4O. The number of nitrogens with two attached hydrogens (primary N) is 1. The van der Waals surface area contributed by atoms with Gasteiger partial charge in [0.2, 0.25) is 0 Å². The molecule has 0 amide bonds. The molecule has 1 rings (SSSR count). The molecule has 1 heterocycles. The van der Waals surface area contributed by atoms with E-state index < -0.39 is 0 Å². The second-order valence-electron chi connectivity index (χ2n) is 1.06. The van der Waals surface area contributed by atoms with Gasteiger partial charge in [0.15, 0.2) is 0 Å². The van der Waals surface area contributed by atoms with Gasteiger partial charge in [-0.1, -0.05) is 0 Å². The van der Waals surface area contributed by atoms with Crippen LogP contribution in [0.4, 0.5) is 0 Å². The number of rotatable bonds is 1. The van der Waals surface area contributed by atoms with Crippen molar-refractivity contribution in [2.24, 2.45) is 0 Å². The standard InChI is InChI=1S/C2H3N4.Co.O/c3-6-1-4-5-2-6;;/h1H,3H2;;. The molecule has 8 heavy (non-hydrogen) atoms. The fraction of sp³-hybridized carbons (Fsp3) is 0. The molecule has 6 heteroatoms. The van der Waals surface area contributed by atoms with Crippen LogP contribution in [0.2, 0.25) is 0 Å². The zero-order chi connectivity index (χ0) is 5.98. The summed E-state index contributed by atoms with van der Waals surface area (Å²) < 4.78 is 11.3. The number of aromatic nitrogens is 3. The molecular weight excluding hydrogens is 155 g/mol. The molecule has 0 aliphatic heterocycles. The molecule has 0 bridgehead atoms. The van der Waals surface area contributed by atoms with Gasteiger partial charge in [0.1, 0.15) is 0 Å². The van der Waals surface area contributed by atoms with Crippen LogP contribution in [0, 0.1) is 0 Å². The minimum atomic E-state index is -0.181. The molecule has 0 radical (unpaired) electrons. The van der Waals surface area contributed by atoms with Crippen molar-refractivity contribution in [1.29, 1.82) is 0 Å². The van der Waals surface area contributed by atoms with E-state index >= 15 is 0 Å². The minimum absolute atomic E-state index is 0.181. The first kappa shape index (κ1) is 5.38. The first-order chi connectivity index (χ1) is 3.84. The molecule has 0 saturated carbocycles. The van der Waals surface area contributed by atoms with Crippen molar-refractivity contribution in [3.63, 3.8) is 0 Å². The quantitative estimate of drug-likeness (QED) is 0.482. The monoisotopic (exact) mass is 158 g/mol. The van der Waals surface area contributed by atoms with Gasteiger partial charge in [-0.2, -0.15) is 0 Å². The van der Waals surface area contributed by atoms with Crippen LogP contribution in [0.3, 0.4) is 0 Å². The Labute approximate surface area is 51.0 Å². The third-order valence-corrected chi connectivity index (χ3v) is 1.14. The van der Waals surface area contributed by atoms with Crippen LogP contribution >= 0.6 is 0 Å². The van der Waals surface area contributed by atoms with Gasteiger partial charge in [0, 0.05) is 0 Å². The fourth-order valence-electron chi connectivity index (χ4n) is 0.272. The van der Waals surface area contributed by atoms with E-state index in [1.54, 1.807) is 0 Å². The molecule has 5 nitrogen and oxygen atoms in total. The van der Waals surface area contributed by atoms with Gasteiger partial charge in [-0.15, -0.1) is 0 Å². The van der Waals surface area contributed by atoms with Gasteiger partial charge in [-0.25, -0.2) is 0 Å². The number of nitrogens with zero attached hydrogens (tertiary/aromatic N) is 3. The normalized spacial score (nSPS) is 10.0. The van der Waals surface area contributed by atoms with Crippen LogP contribution < -0.4 is 10.6 Å². The van der Waals surface area contributed by atoms with E-state index in [0.717, 1.165) is 4.68 Å². The molecule has 0 atom stereocenters. The molecule has 0 aliphatic carbocycles. The van der Waals surface area contributed by atoms with E-state index in [1.807, 2.05) is 0 Å². The first-order valence-corrected chi connectivity index (χ1v) is 2.67. The summed E-state index contributed by atoms with van der Waals surface area (Å²) in [5, 5.41) is 6.77. The summed E-state index contributed by atoms with van der Waals surface area (Å²) in [7, 11) is 0. The Balaban J connectivity index is 3.09. The second-order valence-corrected chi connectivity index (χ2v) is 1.73. The Morgan fingerprint density at radius 1 is 1.88 bits per heavy atom. The summed E-state index contributed by atoms with van der Waals surface area (Å²) in [4.78, 5) is 0. The molecule has 1 aromatic heterocycles. The SMILES string of the molecule is Nn1cnn[c]1[Co]=[O]. The Hall–Kier alpha value is -0.754. The number of hydrogen-bond donors (Lipinski definition) is 1. The van der Waals surface area contributed by atoms with Crippen LogP contribution in [-0.2, 0) is 18.5 Å². The van der Waals surface area contributed by atoms with Gasteiger partial charge >= 0.3 is 50.3 Å². The Morgan fingerprint density at radius 3 is 2.88 bits per heavy atom. The van der Waals surface area contributed by atoms with Crippen molar-refractivity contribution in [1.82, 2.24) is 14.9 Å². The van der Waals surface area contributed by atoms with Crippen molar-refractivity contribution < 1.29 is 18.5 Å². The van der Waals surface area contributed by atoms with Crippen molar-refractivity contribution in [3.05, 3.63) is 6.33 Å². The summed E-state index contributed by atoms with van der Waals surface area (Å²) in [5.74, 6) is 5.13. The average Bonchev–Trinajstić information content (AvgIpc) is 2.14. The summed E-state index contributed by atoms with van der Waals surface area (Å²) >= 11 is -0.181. The Bertz CT molecular complexity index is 196. The van der Waals surface area contributed by atoms with E-state index in [-0.39, 0.29) is 19.4 Å². The van der Waals surface area contributed by atoms with E-state index in [2.05, 4.69) is 10.2 Å².